The molecule has 0 heterocycles. The minimum absolute atomic E-state index is 0.0272. The lowest BCUT2D eigenvalue weighted by atomic mass is 9.85. The van der Waals surface area contributed by atoms with E-state index >= 15 is 0 Å². The van der Waals surface area contributed by atoms with Crippen LogP contribution in [0.25, 0.3) is 0 Å². The Labute approximate surface area is 113 Å². The summed E-state index contributed by atoms with van der Waals surface area (Å²) in [7, 11) is -1.87. The number of amides is 1. The number of para-hydroxylation sites is 2. The first-order chi connectivity index (χ1) is 8.89. The summed E-state index contributed by atoms with van der Waals surface area (Å²) < 4.78 is 24.3. The average molecular weight is 282 g/mol. The fraction of sp³-hybridized carbons (Fsp3) is 0.462. The van der Waals surface area contributed by atoms with Crippen molar-refractivity contribution in [3.05, 3.63) is 24.3 Å². The smallest absolute Gasteiger partial charge is 0.232 e. The van der Waals surface area contributed by atoms with Crippen molar-refractivity contribution >= 4 is 27.3 Å². The van der Waals surface area contributed by atoms with Crippen LogP contribution in [0.1, 0.15) is 19.3 Å². The molecule has 19 heavy (non-hydrogen) atoms. The third kappa shape index (κ3) is 3.07. The highest BCUT2D eigenvalue weighted by atomic mass is 32.2. The average Bonchev–Trinajstić information content (AvgIpc) is 2.25. The summed E-state index contributed by atoms with van der Waals surface area (Å²) in [5.41, 5.74) is 1.02. The predicted octanol–water partition coefficient (Wildman–Crippen LogP) is 1.82. The molecule has 1 aromatic rings. The van der Waals surface area contributed by atoms with Crippen LogP contribution in [-0.4, -0.2) is 27.6 Å². The monoisotopic (exact) mass is 282 g/mol. The second kappa shape index (κ2) is 5.21. The van der Waals surface area contributed by atoms with E-state index in [1.807, 2.05) is 0 Å². The van der Waals surface area contributed by atoms with E-state index in [-0.39, 0.29) is 11.8 Å². The molecule has 0 saturated heterocycles. The number of anilines is 2. The molecule has 1 N–H and O–H groups in total. The van der Waals surface area contributed by atoms with Gasteiger partial charge in [0.2, 0.25) is 15.9 Å². The van der Waals surface area contributed by atoms with Crippen LogP contribution in [-0.2, 0) is 14.8 Å². The first-order valence-corrected chi connectivity index (χ1v) is 8.08. The van der Waals surface area contributed by atoms with E-state index in [0.717, 1.165) is 25.5 Å². The molecule has 0 aromatic heterocycles. The van der Waals surface area contributed by atoms with Crippen molar-refractivity contribution in [2.75, 3.05) is 22.9 Å². The van der Waals surface area contributed by atoms with Gasteiger partial charge in [-0.2, -0.15) is 0 Å². The molecule has 1 fully saturated rings. The van der Waals surface area contributed by atoms with E-state index in [1.165, 1.54) is 11.4 Å². The molecule has 1 aliphatic rings. The normalized spacial score (nSPS) is 15.7. The van der Waals surface area contributed by atoms with Crippen LogP contribution in [0.5, 0.6) is 0 Å². The Hall–Kier alpha value is -1.56. The van der Waals surface area contributed by atoms with Crippen LogP contribution in [0.2, 0.25) is 0 Å². The highest BCUT2D eigenvalue weighted by Crippen LogP contribution is 2.30. The number of carbonyl (C=O) groups excluding carboxylic acids is 1. The van der Waals surface area contributed by atoms with Crippen LogP contribution < -0.4 is 9.62 Å². The van der Waals surface area contributed by atoms with Gasteiger partial charge < -0.3 is 5.32 Å². The Morgan fingerprint density at radius 3 is 2.47 bits per heavy atom. The van der Waals surface area contributed by atoms with E-state index in [1.54, 1.807) is 24.3 Å². The lowest BCUT2D eigenvalue weighted by molar-refractivity contribution is -0.122. The summed E-state index contributed by atoms with van der Waals surface area (Å²) in [6.45, 7) is 0. The Morgan fingerprint density at radius 1 is 1.32 bits per heavy atom. The SMILES string of the molecule is CN(c1ccccc1NC(=O)C1CCC1)S(C)(=O)=O. The van der Waals surface area contributed by atoms with Crippen molar-refractivity contribution in [3.63, 3.8) is 0 Å². The molecule has 0 bridgehead atoms. The second-order valence-electron chi connectivity index (χ2n) is 4.86. The van der Waals surface area contributed by atoms with Gasteiger partial charge in [-0.25, -0.2) is 8.42 Å². The summed E-state index contributed by atoms with van der Waals surface area (Å²) in [5, 5.41) is 2.82. The van der Waals surface area contributed by atoms with Crippen LogP contribution in [0.15, 0.2) is 24.3 Å². The first kappa shape index (κ1) is 13.9. The Balaban J connectivity index is 2.23. The van der Waals surface area contributed by atoms with Gasteiger partial charge in [0.1, 0.15) is 0 Å². The number of sulfonamides is 1. The zero-order chi connectivity index (χ0) is 14.0. The standard InChI is InChI=1S/C13H18N2O3S/c1-15(19(2,17)18)12-9-4-3-8-11(12)14-13(16)10-6-5-7-10/h3-4,8-10H,5-7H2,1-2H3,(H,14,16). The molecule has 0 unspecified atom stereocenters. The van der Waals surface area contributed by atoms with Crippen molar-refractivity contribution in [2.45, 2.75) is 19.3 Å². The zero-order valence-corrected chi connectivity index (χ0v) is 11.9. The number of carbonyl (C=O) groups is 1. The first-order valence-electron chi connectivity index (χ1n) is 6.23. The summed E-state index contributed by atoms with van der Waals surface area (Å²) >= 11 is 0. The van der Waals surface area contributed by atoms with E-state index < -0.39 is 10.0 Å². The molecule has 6 heteroatoms. The summed E-state index contributed by atoms with van der Waals surface area (Å²) in [4.78, 5) is 11.9. The van der Waals surface area contributed by atoms with Gasteiger partial charge >= 0.3 is 0 Å². The highest BCUT2D eigenvalue weighted by molar-refractivity contribution is 7.92. The molecule has 1 aromatic carbocycles. The fourth-order valence-electron chi connectivity index (χ4n) is 1.94. The molecule has 1 aliphatic carbocycles. The Kier molecular flexibility index (Phi) is 3.80. The predicted molar refractivity (Wildman–Crippen MR) is 75.7 cm³/mol. The van der Waals surface area contributed by atoms with Crippen LogP contribution in [0.4, 0.5) is 11.4 Å². The van der Waals surface area contributed by atoms with Gasteiger partial charge in [0, 0.05) is 13.0 Å². The summed E-state index contributed by atoms with van der Waals surface area (Å²) in [5.74, 6) is 0.0391. The molecule has 1 saturated carbocycles. The van der Waals surface area contributed by atoms with Gasteiger partial charge in [-0.3, -0.25) is 9.10 Å². The molecule has 2 rings (SSSR count). The van der Waals surface area contributed by atoms with Crippen molar-refractivity contribution in [3.8, 4) is 0 Å². The van der Waals surface area contributed by atoms with Gasteiger partial charge in [0.25, 0.3) is 0 Å². The quantitative estimate of drug-likeness (QED) is 0.916. The lowest BCUT2D eigenvalue weighted by Gasteiger charge is -2.26. The molecule has 0 spiro atoms. The maximum Gasteiger partial charge on any atom is 0.232 e. The van der Waals surface area contributed by atoms with Crippen LogP contribution in [0.3, 0.4) is 0 Å². The van der Waals surface area contributed by atoms with Crippen LogP contribution >= 0.6 is 0 Å². The topological polar surface area (TPSA) is 66.5 Å². The minimum atomic E-state index is -3.34. The van der Waals surface area contributed by atoms with Gasteiger partial charge in [-0.15, -0.1) is 0 Å². The molecule has 0 atom stereocenters. The van der Waals surface area contributed by atoms with E-state index in [0.29, 0.717) is 11.4 Å². The molecule has 5 nitrogen and oxygen atoms in total. The fourth-order valence-corrected chi connectivity index (χ4v) is 2.45. The number of nitrogens with one attached hydrogen (secondary N) is 1. The maximum atomic E-state index is 11.9. The highest BCUT2D eigenvalue weighted by Gasteiger charge is 2.26. The van der Waals surface area contributed by atoms with E-state index in [9.17, 15) is 13.2 Å². The molecule has 1 amide bonds. The molecular formula is C13H18N2O3S. The Bertz CT molecular complexity index is 579. The van der Waals surface area contributed by atoms with Crippen molar-refractivity contribution < 1.29 is 13.2 Å². The lowest BCUT2D eigenvalue weighted by Crippen LogP contribution is -2.30. The zero-order valence-electron chi connectivity index (χ0n) is 11.1. The molecular weight excluding hydrogens is 264 g/mol. The molecule has 0 aliphatic heterocycles. The Morgan fingerprint density at radius 2 is 1.95 bits per heavy atom. The van der Waals surface area contributed by atoms with Gasteiger partial charge in [0.15, 0.2) is 0 Å². The number of nitrogens with zero attached hydrogens (tertiary/aromatic N) is 1. The second-order valence-corrected chi connectivity index (χ2v) is 6.88. The van der Waals surface area contributed by atoms with Gasteiger partial charge in [0.05, 0.1) is 17.6 Å². The number of rotatable bonds is 4. The number of benzene rings is 1. The minimum Gasteiger partial charge on any atom is -0.324 e. The van der Waals surface area contributed by atoms with Crippen LogP contribution in [0, 0.1) is 5.92 Å². The number of hydrogen-bond acceptors (Lipinski definition) is 3. The summed E-state index contributed by atoms with van der Waals surface area (Å²) in [6.07, 6.45) is 4.05. The number of hydrogen-bond donors (Lipinski definition) is 1. The van der Waals surface area contributed by atoms with Gasteiger partial charge in [-0.05, 0) is 25.0 Å². The van der Waals surface area contributed by atoms with Crippen molar-refractivity contribution in [2.24, 2.45) is 5.92 Å². The maximum absolute atomic E-state index is 11.9. The summed E-state index contributed by atoms with van der Waals surface area (Å²) in [6, 6.07) is 6.91. The third-order valence-corrected chi connectivity index (χ3v) is 4.67. The van der Waals surface area contributed by atoms with Crippen molar-refractivity contribution in [1.29, 1.82) is 0 Å². The van der Waals surface area contributed by atoms with Gasteiger partial charge in [-0.1, -0.05) is 18.6 Å². The van der Waals surface area contributed by atoms with E-state index in [4.69, 9.17) is 0 Å². The van der Waals surface area contributed by atoms with E-state index in [2.05, 4.69) is 5.32 Å². The third-order valence-electron chi connectivity index (χ3n) is 3.47. The molecule has 104 valence electrons. The molecule has 0 radical (unpaired) electrons. The van der Waals surface area contributed by atoms with Crippen molar-refractivity contribution in [1.82, 2.24) is 0 Å². The largest absolute Gasteiger partial charge is 0.324 e.